The zero-order valence-corrected chi connectivity index (χ0v) is 14.6. The maximum absolute atomic E-state index is 12.1. The van der Waals surface area contributed by atoms with E-state index in [1.54, 1.807) is 11.3 Å². The Morgan fingerprint density at radius 1 is 1.21 bits per heavy atom. The minimum atomic E-state index is 0.290. The average molecular weight is 344 g/mol. The van der Waals surface area contributed by atoms with Crippen molar-refractivity contribution in [1.29, 1.82) is 0 Å². The van der Waals surface area contributed by atoms with Gasteiger partial charge in [-0.2, -0.15) is 11.3 Å². The van der Waals surface area contributed by atoms with Crippen molar-refractivity contribution in [1.82, 2.24) is 10.2 Å². The summed E-state index contributed by atoms with van der Waals surface area (Å²) in [5.41, 5.74) is 1.24. The molecule has 1 saturated heterocycles. The van der Waals surface area contributed by atoms with Gasteiger partial charge in [-0.1, -0.05) is 18.2 Å². The second kappa shape index (κ2) is 8.85. The molecule has 1 amide bonds. The Morgan fingerprint density at radius 3 is 2.88 bits per heavy atom. The van der Waals surface area contributed by atoms with E-state index in [0.29, 0.717) is 25.0 Å². The minimum absolute atomic E-state index is 0.290. The first kappa shape index (κ1) is 17.0. The van der Waals surface area contributed by atoms with Gasteiger partial charge in [0.15, 0.2) is 0 Å². The van der Waals surface area contributed by atoms with Gasteiger partial charge in [0.25, 0.3) is 0 Å². The highest BCUT2D eigenvalue weighted by molar-refractivity contribution is 7.07. The lowest BCUT2D eigenvalue weighted by Crippen LogP contribution is -2.35. The number of carbonyl (C=O) groups excluding carboxylic acids is 1. The molecule has 1 atom stereocenters. The molecule has 1 aliphatic rings. The van der Waals surface area contributed by atoms with Crippen LogP contribution in [-0.2, 0) is 11.3 Å². The molecule has 0 saturated carbocycles. The molecule has 1 aliphatic heterocycles. The van der Waals surface area contributed by atoms with Crippen molar-refractivity contribution in [3.8, 4) is 5.75 Å². The number of carbonyl (C=O) groups is 1. The van der Waals surface area contributed by atoms with Crippen molar-refractivity contribution in [3.63, 3.8) is 0 Å². The van der Waals surface area contributed by atoms with E-state index in [-0.39, 0.29) is 0 Å². The van der Waals surface area contributed by atoms with Gasteiger partial charge in [0, 0.05) is 25.6 Å². The number of amides is 1. The topological polar surface area (TPSA) is 41.6 Å². The molecular weight excluding hydrogens is 320 g/mol. The molecular formula is C19H24N2O2S. The van der Waals surface area contributed by atoms with Crippen LogP contribution in [0.15, 0.2) is 47.2 Å². The number of nitrogens with zero attached hydrogens (tertiary/aromatic N) is 1. The Balaban J connectivity index is 1.34. The van der Waals surface area contributed by atoms with E-state index >= 15 is 0 Å². The van der Waals surface area contributed by atoms with E-state index in [0.717, 1.165) is 38.2 Å². The zero-order valence-electron chi connectivity index (χ0n) is 13.8. The van der Waals surface area contributed by atoms with Crippen LogP contribution in [0.2, 0.25) is 0 Å². The van der Waals surface area contributed by atoms with Gasteiger partial charge in [-0.3, -0.25) is 4.79 Å². The highest BCUT2D eigenvalue weighted by Crippen LogP contribution is 2.24. The molecule has 24 heavy (non-hydrogen) atoms. The fourth-order valence-corrected chi connectivity index (χ4v) is 3.70. The van der Waals surface area contributed by atoms with Crippen molar-refractivity contribution in [2.24, 2.45) is 0 Å². The zero-order chi connectivity index (χ0) is 16.6. The molecule has 2 heterocycles. The van der Waals surface area contributed by atoms with E-state index in [1.807, 2.05) is 35.2 Å². The molecule has 3 rings (SSSR count). The van der Waals surface area contributed by atoms with Crippen LogP contribution in [0.25, 0.3) is 0 Å². The fourth-order valence-electron chi connectivity index (χ4n) is 3.04. The highest BCUT2D eigenvalue weighted by atomic mass is 32.1. The van der Waals surface area contributed by atoms with Gasteiger partial charge in [0.2, 0.25) is 5.91 Å². The predicted octanol–water partition coefficient (Wildman–Crippen LogP) is 3.30. The van der Waals surface area contributed by atoms with Crippen molar-refractivity contribution < 1.29 is 9.53 Å². The van der Waals surface area contributed by atoms with Crippen molar-refractivity contribution in [2.75, 3.05) is 19.7 Å². The third-order valence-electron chi connectivity index (χ3n) is 4.33. The Morgan fingerprint density at radius 2 is 2.08 bits per heavy atom. The molecule has 1 aromatic carbocycles. The summed E-state index contributed by atoms with van der Waals surface area (Å²) in [6.45, 7) is 3.15. The first-order valence-corrected chi connectivity index (χ1v) is 9.46. The van der Waals surface area contributed by atoms with E-state index in [1.165, 1.54) is 5.56 Å². The molecule has 1 unspecified atom stereocenters. The Bertz CT molecular complexity index is 616. The summed E-state index contributed by atoms with van der Waals surface area (Å²) >= 11 is 1.69. The molecule has 4 nitrogen and oxygen atoms in total. The van der Waals surface area contributed by atoms with E-state index in [2.05, 4.69) is 22.1 Å². The van der Waals surface area contributed by atoms with Gasteiger partial charge in [-0.05, 0) is 53.9 Å². The number of likely N-dealkylation sites (tertiary alicyclic amines) is 1. The molecule has 128 valence electrons. The van der Waals surface area contributed by atoms with Crippen LogP contribution in [0.4, 0.5) is 0 Å². The largest absolute Gasteiger partial charge is 0.492 e. The maximum Gasteiger partial charge on any atom is 0.223 e. The lowest BCUT2D eigenvalue weighted by atomic mass is 10.1. The highest BCUT2D eigenvalue weighted by Gasteiger charge is 2.30. The minimum Gasteiger partial charge on any atom is -0.492 e. The van der Waals surface area contributed by atoms with Gasteiger partial charge in [-0.25, -0.2) is 0 Å². The van der Waals surface area contributed by atoms with E-state index in [4.69, 9.17) is 4.74 Å². The lowest BCUT2D eigenvalue weighted by molar-refractivity contribution is -0.129. The number of hydrogen-bond acceptors (Lipinski definition) is 4. The van der Waals surface area contributed by atoms with Crippen LogP contribution in [0.3, 0.4) is 0 Å². The summed E-state index contributed by atoms with van der Waals surface area (Å²) in [4.78, 5) is 14.1. The van der Waals surface area contributed by atoms with Crippen LogP contribution in [0.1, 0.15) is 24.8 Å². The predicted molar refractivity (Wildman–Crippen MR) is 97.3 cm³/mol. The molecule has 1 fully saturated rings. The molecule has 0 spiro atoms. The summed E-state index contributed by atoms with van der Waals surface area (Å²) in [5, 5.41) is 7.61. The smallest absolute Gasteiger partial charge is 0.223 e. The van der Waals surface area contributed by atoms with E-state index in [9.17, 15) is 4.79 Å². The third-order valence-corrected chi connectivity index (χ3v) is 5.06. The number of rotatable bonds is 9. The normalized spacial score (nSPS) is 17.4. The molecule has 0 aliphatic carbocycles. The molecule has 2 aromatic rings. The molecule has 0 radical (unpaired) electrons. The third kappa shape index (κ3) is 4.82. The standard InChI is InChI=1S/C19H24N2O2S/c22-19-7-6-17(21(19)14-16-9-13-24-15-16)8-10-20-11-12-23-18-4-2-1-3-5-18/h1-5,9,13,15,17,20H,6-8,10-12,14H2. The van der Waals surface area contributed by atoms with Crippen LogP contribution < -0.4 is 10.1 Å². The van der Waals surface area contributed by atoms with Crippen molar-refractivity contribution in [3.05, 3.63) is 52.7 Å². The van der Waals surface area contributed by atoms with Gasteiger partial charge in [0.1, 0.15) is 12.4 Å². The Labute approximate surface area is 147 Å². The first-order chi connectivity index (χ1) is 11.8. The summed E-state index contributed by atoms with van der Waals surface area (Å²) < 4.78 is 5.66. The van der Waals surface area contributed by atoms with Gasteiger partial charge >= 0.3 is 0 Å². The first-order valence-electron chi connectivity index (χ1n) is 8.52. The SMILES string of the molecule is O=C1CCC(CCNCCOc2ccccc2)N1Cc1ccsc1. The van der Waals surface area contributed by atoms with Crippen LogP contribution in [-0.4, -0.2) is 36.5 Å². The average Bonchev–Trinajstić information content (AvgIpc) is 3.24. The summed E-state index contributed by atoms with van der Waals surface area (Å²) in [7, 11) is 0. The fraction of sp³-hybridized carbons (Fsp3) is 0.421. The number of nitrogens with one attached hydrogen (secondary N) is 1. The molecule has 1 N–H and O–H groups in total. The molecule has 0 bridgehead atoms. The number of ether oxygens (including phenoxy) is 1. The second-order valence-electron chi connectivity index (χ2n) is 6.05. The summed E-state index contributed by atoms with van der Waals surface area (Å²) in [5.74, 6) is 1.20. The van der Waals surface area contributed by atoms with Crippen LogP contribution in [0.5, 0.6) is 5.75 Å². The molecule has 1 aromatic heterocycles. The number of thiophene rings is 1. The Kier molecular flexibility index (Phi) is 6.26. The molecule has 5 heteroatoms. The second-order valence-corrected chi connectivity index (χ2v) is 6.83. The van der Waals surface area contributed by atoms with Crippen LogP contribution >= 0.6 is 11.3 Å². The van der Waals surface area contributed by atoms with Gasteiger partial charge in [-0.15, -0.1) is 0 Å². The number of hydrogen-bond donors (Lipinski definition) is 1. The van der Waals surface area contributed by atoms with Crippen molar-refractivity contribution >= 4 is 17.2 Å². The summed E-state index contributed by atoms with van der Waals surface area (Å²) in [6.07, 6.45) is 2.66. The monoisotopic (exact) mass is 344 g/mol. The summed E-state index contributed by atoms with van der Waals surface area (Å²) in [6, 6.07) is 12.3. The quantitative estimate of drug-likeness (QED) is 0.710. The maximum atomic E-state index is 12.1. The van der Waals surface area contributed by atoms with Gasteiger partial charge < -0.3 is 15.0 Å². The van der Waals surface area contributed by atoms with E-state index < -0.39 is 0 Å². The van der Waals surface area contributed by atoms with Crippen molar-refractivity contribution in [2.45, 2.75) is 31.8 Å². The Hall–Kier alpha value is -1.85. The van der Waals surface area contributed by atoms with Crippen LogP contribution in [0, 0.1) is 0 Å². The number of benzene rings is 1. The number of para-hydroxylation sites is 1. The lowest BCUT2D eigenvalue weighted by Gasteiger charge is -2.24. The van der Waals surface area contributed by atoms with Gasteiger partial charge in [0.05, 0.1) is 0 Å².